The lowest BCUT2D eigenvalue weighted by Gasteiger charge is -2.43. The summed E-state index contributed by atoms with van der Waals surface area (Å²) in [6, 6.07) is 18.1. The van der Waals surface area contributed by atoms with E-state index in [2.05, 4.69) is 0 Å². The molecule has 4 aromatic rings. The third-order valence-electron chi connectivity index (χ3n) is 6.18. The van der Waals surface area contributed by atoms with Crippen LogP contribution >= 0.6 is 6.19 Å². The molecule has 1 nitrogen and oxygen atoms in total. The molecule has 0 saturated heterocycles. The van der Waals surface area contributed by atoms with Gasteiger partial charge in [0, 0.05) is 16.2 Å². The number of hydrogen-bond acceptors (Lipinski definition) is 1. The van der Waals surface area contributed by atoms with Crippen LogP contribution in [-0.2, 0) is 11.8 Å². The first-order valence-electron chi connectivity index (χ1n) is 10.8. The highest BCUT2D eigenvalue weighted by Crippen LogP contribution is 2.62. The lowest BCUT2D eigenvalue weighted by atomic mass is 10.00. The van der Waals surface area contributed by atoms with Gasteiger partial charge in [0.1, 0.15) is 5.69 Å². The molecule has 0 unspecified atom stereocenters. The summed E-state index contributed by atoms with van der Waals surface area (Å²) in [6.45, 7) is 5.51. The molecule has 1 aliphatic rings. The molecular formula is C27H19F5NPS. The molecule has 0 saturated carbocycles. The summed E-state index contributed by atoms with van der Waals surface area (Å²) in [5.74, 6) is -10.0. The van der Waals surface area contributed by atoms with Crippen LogP contribution in [0.5, 0.6) is 0 Å². The Morgan fingerprint density at radius 3 is 1.80 bits per heavy atom. The van der Waals surface area contributed by atoms with Gasteiger partial charge in [-0.15, -0.1) is 0 Å². The molecule has 0 fully saturated rings. The van der Waals surface area contributed by atoms with Crippen molar-refractivity contribution >= 4 is 40.0 Å². The van der Waals surface area contributed by atoms with E-state index in [1.54, 1.807) is 31.2 Å². The summed E-state index contributed by atoms with van der Waals surface area (Å²) in [5, 5.41) is 1.20. The molecule has 0 aromatic heterocycles. The fraction of sp³-hybridized carbons (Fsp3) is 0.111. The number of fused-ring (bicyclic) bond motifs is 3. The summed E-state index contributed by atoms with van der Waals surface area (Å²) in [6.07, 6.45) is -3.37. The number of benzene rings is 4. The number of hydrogen-bond donors (Lipinski definition) is 0. The average Bonchev–Trinajstić information content (AvgIpc) is 2.83. The summed E-state index contributed by atoms with van der Waals surface area (Å²) in [7, 11) is 0. The van der Waals surface area contributed by atoms with Crippen molar-refractivity contribution in [2.24, 2.45) is 0 Å². The third kappa shape index (κ3) is 3.44. The van der Waals surface area contributed by atoms with E-state index in [9.17, 15) is 13.2 Å². The molecule has 1 heterocycles. The Labute approximate surface area is 204 Å². The highest BCUT2D eigenvalue weighted by Gasteiger charge is 2.43. The van der Waals surface area contributed by atoms with Crippen LogP contribution in [-0.4, -0.2) is 0 Å². The molecular weight excluding hydrogens is 496 g/mol. The van der Waals surface area contributed by atoms with Crippen molar-refractivity contribution in [3.05, 3.63) is 106 Å². The number of nitrogens with zero attached hydrogens (tertiary/aromatic N) is 1. The molecule has 5 rings (SSSR count). The quantitative estimate of drug-likeness (QED) is 0.118. The minimum absolute atomic E-state index is 0.300. The van der Waals surface area contributed by atoms with Crippen molar-refractivity contribution in [3.63, 3.8) is 0 Å². The molecule has 0 radical (unpaired) electrons. The Hall–Kier alpha value is -3.02. The van der Waals surface area contributed by atoms with Gasteiger partial charge in [0.15, 0.2) is 23.3 Å². The van der Waals surface area contributed by atoms with Crippen molar-refractivity contribution in [2.75, 3.05) is 4.67 Å². The van der Waals surface area contributed by atoms with E-state index in [4.69, 9.17) is 11.8 Å². The van der Waals surface area contributed by atoms with E-state index in [0.29, 0.717) is 21.9 Å². The Kier molecular flexibility index (Phi) is 5.61. The fourth-order valence-electron chi connectivity index (χ4n) is 4.54. The maximum atomic E-state index is 15.4. The van der Waals surface area contributed by atoms with Gasteiger partial charge in [-0.25, -0.2) is 22.0 Å². The molecule has 0 bridgehead atoms. The lowest BCUT2D eigenvalue weighted by molar-refractivity contribution is 0.381. The largest absolute Gasteiger partial charge is 0.299 e. The Bertz CT molecular complexity index is 1550. The van der Waals surface area contributed by atoms with Gasteiger partial charge in [0.05, 0.1) is 11.9 Å². The van der Waals surface area contributed by atoms with Crippen LogP contribution in [0, 0.1) is 49.9 Å². The van der Waals surface area contributed by atoms with Gasteiger partial charge < -0.3 is 0 Å². The standard InChI is InChI=1S/C27H19F5NPS/c1-14-5-4-6-17(11-14)34(35)21-13-16(3)8-10-19(21)18-9-7-15(2)12-20(18)33(34)27-25(31)23(29)22(28)24(30)26(27)32/h4-13H,1-3H3/t34-/m0/s1. The van der Waals surface area contributed by atoms with Crippen molar-refractivity contribution in [1.82, 2.24) is 0 Å². The third-order valence-corrected chi connectivity index (χ3v) is 10.9. The fourth-order valence-corrected chi connectivity index (χ4v) is 9.06. The van der Waals surface area contributed by atoms with Gasteiger partial charge in [-0.1, -0.05) is 65.4 Å². The SMILES string of the molecule is Cc1cccc([P@]2(=S)c3cc(C)ccc3-c3ccc(C)cc3N2c2c(F)c(F)c(F)c(F)c2F)c1. The van der Waals surface area contributed by atoms with Crippen LogP contribution < -0.4 is 15.3 Å². The molecule has 4 aromatic carbocycles. The van der Waals surface area contributed by atoms with Gasteiger partial charge in [-0.3, -0.25) is 4.67 Å². The first kappa shape index (κ1) is 23.7. The zero-order valence-electron chi connectivity index (χ0n) is 19.0. The minimum Gasteiger partial charge on any atom is -0.299 e. The van der Waals surface area contributed by atoms with E-state index in [0.717, 1.165) is 22.3 Å². The van der Waals surface area contributed by atoms with Gasteiger partial charge in [0.2, 0.25) is 5.82 Å². The Balaban J connectivity index is 2.01. The molecule has 0 aliphatic carbocycles. The van der Waals surface area contributed by atoms with E-state index >= 15 is 8.78 Å². The highest BCUT2D eigenvalue weighted by molar-refractivity contribution is 8.23. The van der Waals surface area contributed by atoms with Crippen LogP contribution in [0.25, 0.3) is 11.1 Å². The summed E-state index contributed by atoms with van der Waals surface area (Å²) >= 11 is 6.32. The molecule has 0 spiro atoms. The monoisotopic (exact) mass is 515 g/mol. The van der Waals surface area contributed by atoms with Gasteiger partial charge in [-0.2, -0.15) is 0 Å². The van der Waals surface area contributed by atoms with Crippen LogP contribution in [0.2, 0.25) is 0 Å². The highest BCUT2D eigenvalue weighted by atomic mass is 32.4. The number of anilines is 2. The van der Waals surface area contributed by atoms with E-state index in [-0.39, 0.29) is 0 Å². The van der Waals surface area contributed by atoms with Crippen LogP contribution in [0.1, 0.15) is 16.7 Å². The smallest absolute Gasteiger partial charge is 0.200 e. The normalized spacial score (nSPS) is 16.7. The second-order valence-corrected chi connectivity index (χ2v) is 12.8. The first-order chi connectivity index (χ1) is 16.6. The van der Waals surface area contributed by atoms with Crippen LogP contribution in [0.4, 0.5) is 33.3 Å². The second-order valence-electron chi connectivity index (χ2n) is 8.69. The van der Waals surface area contributed by atoms with Crippen molar-refractivity contribution < 1.29 is 22.0 Å². The molecule has 0 amide bonds. The lowest BCUT2D eigenvalue weighted by Crippen LogP contribution is -2.35. The van der Waals surface area contributed by atoms with Crippen molar-refractivity contribution in [3.8, 4) is 11.1 Å². The van der Waals surface area contributed by atoms with Crippen LogP contribution in [0.15, 0.2) is 60.7 Å². The van der Waals surface area contributed by atoms with E-state index in [1.165, 1.54) is 4.67 Å². The summed E-state index contributed by atoms with van der Waals surface area (Å²) < 4.78 is 74.9. The zero-order chi connectivity index (χ0) is 25.2. The van der Waals surface area contributed by atoms with Gasteiger partial charge in [-0.05, 0) is 50.1 Å². The maximum Gasteiger partial charge on any atom is 0.200 e. The number of halogens is 5. The molecule has 1 atom stereocenters. The predicted octanol–water partition coefficient (Wildman–Crippen LogP) is 7.47. The molecule has 0 N–H and O–H groups in total. The van der Waals surface area contributed by atoms with Crippen LogP contribution in [0.3, 0.4) is 0 Å². The minimum atomic E-state index is -3.37. The molecule has 8 heteroatoms. The maximum absolute atomic E-state index is 15.4. The molecule has 1 aliphatic heterocycles. The Morgan fingerprint density at radius 1 is 0.629 bits per heavy atom. The van der Waals surface area contributed by atoms with Crippen molar-refractivity contribution in [1.29, 1.82) is 0 Å². The van der Waals surface area contributed by atoms with E-state index < -0.39 is 41.0 Å². The molecule has 178 valence electrons. The number of aryl methyl sites for hydroxylation is 3. The van der Waals surface area contributed by atoms with Gasteiger partial charge >= 0.3 is 0 Å². The predicted molar refractivity (Wildman–Crippen MR) is 134 cm³/mol. The van der Waals surface area contributed by atoms with Gasteiger partial charge in [0.25, 0.3) is 0 Å². The zero-order valence-corrected chi connectivity index (χ0v) is 20.7. The topological polar surface area (TPSA) is 3.24 Å². The number of rotatable bonds is 2. The van der Waals surface area contributed by atoms with Crippen molar-refractivity contribution in [2.45, 2.75) is 20.8 Å². The molecule has 35 heavy (non-hydrogen) atoms. The first-order valence-corrected chi connectivity index (χ1v) is 13.5. The van der Waals surface area contributed by atoms with E-state index in [1.807, 2.05) is 50.2 Å². The second kappa shape index (κ2) is 8.28. The Morgan fingerprint density at radius 2 is 1.17 bits per heavy atom. The average molecular weight is 515 g/mol. The summed E-state index contributed by atoms with van der Waals surface area (Å²) in [4.78, 5) is 0. The summed E-state index contributed by atoms with van der Waals surface area (Å²) in [5.41, 5.74) is 3.10.